The van der Waals surface area contributed by atoms with Gasteiger partial charge in [-0.15, -0.1) is 0 Å². The molecule has 0 unspecified atom stereocenters. The number of hydrazine groups is 1. The van der Waals surface area contributed by atoms with Gasteiger partial charge in [-0.3, -0.25) is 4.79 Å². The molecule has 76 valence electrons. The number of primary amides is 1. The molecule has 13 heavy (non-hydrogen) atoms. The van der Waals surface area contributed by atoms with Gasteiger partial charge in [-0.25, -0.2) is 5.84 Å². The first-order chi connectivity index (χ1) is 5.99. The van der Waals surface area contributed by atoms with Crippen LogP contribution in [0.15, 0.2) is 11.8 Å². The number of carbonyl (C=O) groups is 1. The summed E-state index contributed by atoms with van der Waals surface area (Å²) in [6.45, 7) is 5.88. The number of amides is 1. The van der Waals surface area contributed by atoms with E-state index in [1.807, 2.05) is 20.8 Å². The minimum Gasteiger partial charge on any atom is -0.366 e. The van der Waals surface area contributed by atoms with E-state index in [0.717, 1.165) is 6.42 Å². The summed E-state index contributed by atoms with van der Waals surface area (Å²) in [4.78, 5) is 10.9. The first-order valence-electron chi connectivity index (χ1n) is 4.52. The molecule has 0 aliphatic heterocycles. The molecule has 0 atom stereocenters. The van der Waals surface area contributed by atoms with Crippen molar-refractivity contribution in [3.63, 3.8) is 0 Å². The third-order valence-corrected chi connectivity index (χ3v) is 1.74. The average Bonchev–Trinajstić information content (AvgIpc) is 2.03. The van der Waals surface area contributed by atoms with Crippen molar-refractivity contribution in [1.29, 1.82) is 0 Å². The smallest absolute Gasteiger partial charge is 0.246 e. The lowest BCUT2D eigenvalue weighted by atomic mass is 10.1. The van der Waals surface area contributed by atoms with Crippen LogP contribution in [0.25, 0.3) is 0 Å². The van der Waals surface area contributed by atoms with Gasteiger partial charge in [-0.05, 0) is 20.3 Å². The Morgan fingerprint density at radius 2 is 2.08 bits per heavy atom. The van der Waals surface area contributed by atoms with Crippen LogP contribution in [0.4, 0.5) is 0 Å². The Hall–Kier alpha value is -1.03. The summed E-state index contributed by atoms with van der Waals surface area (Å²) in [7, 11) is 0. The predicted octanol–water partition coefficient (Wildman–Crippen LogP) is 0.740. The zero-order chi connectivity index (χ0) is 10.4. The molecule has 0 aliphatic rings. The Morgan fingerprint density at radius 3 is 2.38 bits per heavy atom. The van der Waals surface area contributed by atoms with Crippen molar-refractivity contribution < 1.29 is 4.79 Å². The summed E-state index contributed by atoms with van der Waals surface area (Å²) in [5, 5.41) is 1.50. The molecule has 0 aromatic rings. The zero-order valence-corrected chi connectivity index (χ0v) is 8.58. The highest BCUT2D eigenvalue weighted by atomic mass is 16.1. The van der Waals surface area contributed by atoms with Gasteiger partial charge in [-0.1, -0.05) is 13.3 Å². The van der Waals surface area contributed by atoms with E-state index in [4.69, 9.17) is 11.6 Å². The first kappa shape index (κ1) is 12.0. The quantitative estimate of drug-likeness (QED) is 0.377. The summed E-state index contributed by atoms with van der Waals surface area (Å²) >= 11 is 0. The van der Waals surface area contributed by atoms with Gasteiger partial charge >= 0.3 is 0 Å². The fraction of sp³-hybridized carbons (Fsp3) is 0.667. The van der Waals surface area contributed by atoms with Crippen molar-refractivity contribution in [2.75, 3.05) is 0 Å². The van der Waals surface area contributed by atoms with Crippen molar-refractivity contribution in [2.45, 2.75) is 39.7 Å². The lowest BCUT2D eigenvalue weighted by Gasteiger charge is -2.19. The summed E-state index contributed by atoms with van der Waals surface area (Å²) in [5.74, 6) is 5.24. The maximum absolute atomic E-state index is 10.9. The van der Waals surface area contributed by atoms with Gasteiger partial charge in [0.15, 0.2) is 0 Å². The van der Waals surface area contributed by atoms with Crippen LogP contribution >= 0.6 is 0 Å². The van der Waals surface area contributed by atoms with Crippen LogP contribution < -0.4 is 11.6 Å². The van der Waals surface area contributed by atoms with E-state index in [2.05, 4.69) is 0 Å². The Kier molecular flexibility index (Phi) is 5.14. The SMILES string of the molecule is CCC/C(=C\N(N)C(C)C)C(N)=O. The molecular formula is C9H19N3O. The lowest BCUT2D eigenvalue weighted by molar-refractivity contribution is -0.114. The highest BCUT2D eigenvalue weighted by Crippen LogP contribution is 2.05. The first-order valence-corrected chi connectivity index (χ1v) is 4.52. The number of hydrogen-bond donors (Lipinski definition) is 2. The molecule has 0 aliphatic carbocycles. The van der Waals surface area contributed by atoms with Crippen LogP contribution in [0.1, 0.15) is 33.6 Å². The second kappa shape index (κ2) is 5.59. The third-order valence-electron chi connectivity index (χ3n) is 1.74. The number of carbonyl (C=O) groups excluding carboxylic acids is 1. The number of rotatable bonds is 5. The normalized spacial score (nSPS) is 11.9. The minimum absolute atomic E-state index is 0.172. The minimum atomic E-state index is -0.391. The highest BCUT2D eigenvalue weighted by Gasteiger charge is 2.06. The molecular weight excluding hydrogens is 166 g/mol. The van der Waals surface area contributed by atoms with Crippen LogP contribution in [0.3, 0.4) is 0 Å². The molecule has 0 radical (unpaired) electrons. The van der Waals surface area contributed by atoms with E-state index in [1.54, 1.807) is 6.20 Å². The van der Waals surface area contributed by atoms with Gasteiger partial charge in [-0.2, -0.15) is 0 Å². The molecule has 4 N–H and O–H groups in total. The van der Waals surface area contributed by atoms with Gasteiger partial charge in [0.1, 0.15) is 0 Å². The fourth-order valence-electron chi connectivity index (χ4n) is 0.850. The fourth-order valence-corrected chi connectivity index (χ4v) is 0.850. The van der Waals surface area contributed by atoms with E-state index in [9.17, 15) is 4.79 Å². The van der Waals surface area contributed by atoms with E-state index in [-0.39, 0.29) is 6.04 Å². The van der Waals surface area contributed by atoms with Crippen molar-refractivity contribution >= 4 is 5.91 Å². The monoisotopic (exact) mass is 185 g/mol. The zero-order valence-electron chi connectivity index (χ0n) is 8.58. The molecule has 0 spiro atoms. The topological polar surface area (TPSA) is 72.3 Å². The van der Waals surface area contributed by atoms with Gasteiger partial charge < -0.3 is 10.7 Å². The van der Waals surface area contributed by atoms with E-state index in [0.29, 0.717) is 12.0 Å². The van der Waals surface area contributed by atoms with Gasteiger partial charge in [0.2, 0.25) is 5.91 Å². The molecule has 0 heterocycles. The van der Waals surface area contributed by atoms with E-state index >= 15 is 0 Å². The molecule has 0 aromatic heterocycles. The molecule has 0 fully saturated rings. The number of nitrogens with zero attached hydrogens (tertiary/aromatic N) is 1. The molecule has 0 saturated carbocycles. The molecule has 4 heteroatoms. The summed E-state index contributed by atoms with van der Waals surface area (Å²) in [6, 6.07) is 0.172. The number of hydrogen-bond acceptors (Lipinski definition) is 3. The predicted molar refractivity (Wildman–Crippen MR) is 53.3 cm³/mol. The van der Waals surface area contributed by atoms with Crippen molar-refractivity contribution in [3.05, 3.63) is 11.8 Å². The Balaban J connectivity index is 4.43. The summed E-state index contributed by atoms with van der Waals surface area (Å²) < 4.78 is 0. The third kappa shape index (κ3) is 4.52. The molecule has 4 nitrogen and oxygen atoms in total. The van der Waals surface area contributed by atoms with Crippen molar-refractivity contribution in [3.8, 4) is 0 Å². The molecule has 0 rings (SSSR count). The average molecular weight is 185 g/mol. The Bertz CT molecular complexity index is 199. The second-order valence-corrected chi connectivity index (χ2v) is 3.31. The largest absolute Gasteiger partial charge is 0.366 e. The van der Waals surface area contributed by atoms with Crippen LogP contribution in [0.5, 0.6) is 0 Å². The van der Waals surface area contributed by atoms with Crippen LogP contribution in [-0.4, -0.2) is 17.0 Å². The van der Waals surface area contributed by atoms with Gasteiger partial charge in [0.05, 0.1) is 0 Å². The molecule has 0 saturated heterocycles. The molecule has 1 amide bonds. The highest BCUT2D eigenvalue weighted by molar-refractivity contribution is 5.91. The van der Waals surface area contributed by atoms with Crippen LogP contribution in [-0.2, 0) is 4.79 Å². The molecule has 0 bridgehead atoms. The van der Waals surface area contributed by atoms with Crippen molar-refractivity contribution in [1.82, 2.24) is 5.01 Å². The maximum Gasteiger partial charge on any atom is 0.246 e. The van der Waals surface area contributed by atoms with Crippen molar-refractivity contribution in [2.24, 2.45) is 11.6 Å². The van der Waals surface area contributed by atoms with E-state index < -0.39 is 5.91 Å². The Morgan fingerprint density at radius 1 is 1.54 bits per heavy atom. The number of nitrogens with two attached hydrogens (primary N) is 2. The van der Waals surface area contributed by atoms with Gasteiger partial charge in [0, 0.05) is 17.8 Å². The summed E-state index contributed by atoms with van der Waals surface area (Å²) in [6.07, 6.45) is 3.19. The lowest BCUT2D eigenvalue weighted by Crippen LogP contribution is -2.33. The standard InChI is InChI=1S/C9H19N3O/c1-4-5-8(9(10)13)6-12(11)7(2)3/h6-7H,4-5,11H2,1-3H3,(H2,10,13)/b8-6+. The molecule has 0 aromatic carbocycles. The van der Waals surface area contributed by atoms with Crippen LogP contribution in [0.2, 0.25) is 0 Å². The maximum atomic E-state index is 10.9. The van der Waals surface area contributed by atoms with Gasteiger partial charge in [0.25, 0.3) is 0 Å². The second-order valence-electron chi connectivity index (χ2n) is 3.31. The summed E-state index contributed by atoms with van der Waals surface area (Å²) in [5.41, 5.74) is 5.76. The van der Waals surface area contributed by atoms with Crippen LogP contribution in [0, 0.1) is 0 Å². The van der Waals surface area contributed by atoms with E-state index in [1.165, 1.54) is 5.01 Å². The Labute approximate surface area is 79.5 Å².